The number of hydrogen-bond acceptors (Lipinski definition) is 3. The van der Waals surface area contributed by atoms with E-state index in [1.165, 1.54) is 30.0 Å². The quantitative estimate of drug-likeness (QED) is 0.903. The minimum atomic E-state index is 0.423. The summed E-state index contributed by atoms with van der Waals surface area (Å²) in [5.74, 6) is 1.22. The zero-order valence-corrected chi connectivity index (χ0v) is 12.5. The zero-order valence-electron chi connectivity index (χ0n) is 11.7. The highest BCUT2D eigenvalue weighted by molar-refractivity contribution is 8.00. The van der Waals surface area contributed by atoms with Crippen molar-refractivity contribution >= 4 is 17.4 Å². The molecule has 1 N–H and O–H groups in total. The van der Waals surface area contributed by atoms with Crippen molar-refractivity contribution in [1.82, 2.24) is 5.32 Å². The number of nitrogens with one attached hydrogen (secondary N) is 1. The molecule has 2 nitrogen and oxygen atoms in total. The van der Waals surface area contributed by atoms with Crippen LogP contribution in [0.5, 0.6) is 0 Å². The Morgan fingerprint density at radius 3 is 2.83 bits per heavy atom. The first-order valence-electron chi connectivity index (χ1n) is 6.74. The molecule has 18 heavy (non-hydrogen) atoms. The Morgan fingerprint density at radius 2 is 2.06 bits per heavy atom. The van der Waals surface area contributed by atoms with Gasteiger partial charge in [0.25, 0.3) is 0 Å². The zero-order chi connectivity index (χ0) is 13.0. The summed E-state index contributed by atoms with van der Waals surface area (Å²) in [6.45, 7) is 8.00. The fraction of sp³-hybridized carbons (Fsp3) is 0.600. The lowest BCUT2D eigenvalue weighted by Crippen LogP contribution is -2.28. The van der Waals surface area contributed by atoms with Gasteiger partial charge in [0.15, 0.2) is 0 Å². The summed E-state index contributed by atoms with van der Waals surface area (Å²) in [4.78, 5) is 2.55. The summed E-state index contributed by atoms with van der Waals surface area (Å²) in [5.41, 5.74) is 2.81. The summed E-state index contributed by atoms with van der Waals surface area (Å²) < 4.78 is 0.423. The molecule has 2 rings (SSSR count). The van der Waals surface area contributed by atoms with Crippen molar-refractivity contribution in [2.75, 3.05) is 30.8 Å². The van der Waals surface area contributed by atoms with Gasteiger partial charge in [-0.15, -0.1) is 0 Å². The molecule has 0 radical (unpaired) electrons. The van der Waals surface area contributed by atoms with E-state index in [0.717, 1.165) is 13.1 Å². The number of rotatable bonds is 3. The van der Waals surface area contributed by atoms with Gasteiger partial charge in [0, 0.05) is 35.8 Å². The highest BCUT2D eigenvalue weighted by Crippen LogP contribution is 2.33. The summed E-state index contributed by atoms with van der Waals surface area (Å²) in [6.07, 6.45) is 1.26. The maximum absolute atomic E-state index is 3.26. The lowest BCUT2D eigenvalue weighted by Gasteiger charge is -2.26. The van der Waals surface area contributed by atoms with Gasteiger partial charge in [-0.05, 0) is 25.1 Å². The molecule has 0 spiro atoms. The molecule has 0 aliphatic carbocycles. The molecule has 0 unspecified atom stereocenters. The van der Waals surface area contributed by atoms with Crippen LogP contribution < -0.4 is 10.2 Å². The Morgan fingerprint density at radius 1 is 1.28 bits per heavy atom. The van der Waals surface area contributed by atoms with Gasteiger partial charge in [0.05, 0.1) is 0 Å². The van der Waals surface area contributed by atoms with E-state index >= 15 is 0 Å². The van der Waals surface area contributed by atoms with Crippen molar-refractivity contribution in [3.8, 4) is 0 Å². The van der Waals surface area contributed by atoms with Crippen LogP contribution in [0, 0.1) is 0 Å². The summed E-state index contributed by atoms with van der Waals surface area (Å²) in [5, 5.41) is 3.26. The predicted octanol–water partition coefficient (Wildman–Crippen LogP) is 3.13. The maximum Gasteiger partial charge on any atom is 0.0412 e. The van der Waals surface area contributed by atoms with Crippen molar-refractivity contribution in [3.05, 3.63) is 29.8 Å². The molecule has 100 valence electrons. The second-order valence-corrected chi connectivity index (χ2v) is 7.31. The SMILES string of the molecule is CNCc1ccccc1N1CCSC(C)(C)CC1. The molecule has 1 saturated heterocycles. The number of anilines is 1. The third kappa shape index (κ3) is 3.42. The molecule has 0 bridgehead atoms. The van der Waals surface area contributed by atoms with Crippen molar-refractivity contribution in [2.24, 2.45) is 0 Å². The molecule has 0 saturated carbocycles. The van der Waals surface area contributed by atoms with E-state index in [0.29, 0.717) is 4.75 Å². The Bertz CT molecular complexity index is 390. The van der Waals surface area contributed by atoms with Gasteiger partial charge in [-0.1, -0.05) is 32.0 Å². The standard InChI is InChI=1S/C15H24N2S/c1-15(2)8-9-17(10-11-18-15)14-7-5-4-6-13(14)12-16-3/h4-7,16H,8-12H2,1-3H3. The molecule has 1 aliphatic heterocycles. The number of benzene rings is 1. The number of hydrogen-bond donors (Lipinski definition) is 1. The third-order valence-corrected chi connectivity index (χ3v) is 4.91. The van der Waals surface area contributed by atoms with E-state index in [-0.39, 0.29) is 0 Å². The second kappa shape index (κ2) is 5.98. The molecular formula is C15H24N2S. The first kappa shape index (κ1) is 13.8. The van der Waals surface area contributed by atoms with Crippen molar-refractivity contribution in [1.29, 1.82) is 0 Å². The lowest BCUT2D eigenvalue weighted by molar-refractivity contribution is 0.636. The first-order valence-corrected chi connectivity index (χ1v) is 7.72. The number of para-hydroxylation sites is 1. The van der Waals surface area contributed by atoms with E-state index < -0.39 is 0 Å². The highest BCUT2D eigenvalue weighted by atomic mass is 32.2. The fourth-order valence-corrected chi connectivity index (χ4v) is 3.52. The molecular weight excluding hydrogens is 240 g/mol. The van der Waals surface area contributed by atoms with E-state index in [2.05, 4.69) is 60.1 Å². The van der Waals surface area contributed by atoms with Crippen molar-refractivity contribution in [3.63, 3.8) is 0 Å². The van der Waals surface area contributed by atoms with E-state index in [4.69, 9.17) is 0 Å². The smallest absolute Gasteiger partial charge is 0.0412 e. The second-order valence-electron chi connectivity index (χ2n) is 5.50. The molecule has 1 aliphatic rings. The van der Waals surface area contributed by atoms with Crippen LogP contribution in [0.4, 0.5) is 5.69 Å². The number of nitrogens with zero attached hydrogens (tertiary/aromatic N) is 1. The van der Waals surface area contributed by atoms with Gasteiger partial charge in [0.2, 0.25) is 0 Å². The van der Waals surface area contributed by atoms with Gasteiger partial charge in [-0.2, -0.15) is 11.8 Å². The molecule has 1 heterocycles. The molecule has 0 aromatic heterocycles. The maximum atomic E-state index is 3.26. The van der Waals surface area contributed by atoms with Gasteiger partial charge in [-0.3, -0.25) is 0 Å². The van der Waals surface area contributed by atoms with Crippen LogP contribution in [0.3, 0.4) is 0 Å². The summed E-state index contributed by atoms with van der Waals surface area (Å²) in [7, 11) is 2.01. The predicted molar refractivity (Wildman–Crippen MR) is 82.6 cm³/mol. The van der Waals surface area contributed by atoms with Crippen LogP contribution in [0.25, 0.3) is 0 Å². The van der Waals surface area contributed by atoms with Crippen LogP contribution >= 0.6 is 11.8 Å². The molecule has 1 aromatic carbocycles. The molecule has 1 fully saturated rings. The monoisotopic (exact) mass is 264 g/mol. The van der Waals surface area contributed by atoms with E-state index in [1.807, 2.05) is 7.05 Å². The van der Waals surface area contributed by atoms with Crippen LogP contribution in [-0.2, 0) is 6.54 Å². The normalized spacial score (nSPS) is 19.6. The van der Waals surface area contributed by atoms with Gasteiger partial charge < -0.3 is 10.2 Å². The van der Waals surface area contributed by atoms with E-state index in [9.17, 15) is 0 Å². The summed E-state index contributed by atoms with van der Waals surface area (Å²) in [6, 6.07) is 8.77. The Balaban J connectivity index is 2.15. The average molecular weight is 264 g/mol. The topological polar surface area (TPSA) is 15.3 Å². The molecule has 3 heteroatoms. The van der Waals surface area contributed by atoms with Crippen LogP contribution in [0.15, 0.2) is 24.3 Å². The van der Waals surface area contributed by atoms with Gasteiger partial charge >= 0.3 is 0 Å². The summed E-state index contributed by atoms with van der Waals surface area (Å²) >= 11 is 2.10. The Hall–Kier alpha value is -0.670. The first-order chi connectivity index (χ1) is 8.62. The average Bonchev–Trinajstić information content (AvgIpc) is 2.52. The Kier molecular flexibility index (Phi) is 4.57. The van der Waals surface area contributed by atoms with Crippen LogP contribution in [0.2, 0.25) is 0 Å². The molecule has 0 atom stereocenters. The van der Waals surface area contributed by atoms with Crippen LogP contribution in [0.1, 0.15) is 25.8 Å². The largest absolute Gasteiger partial charge is 0.370 e. The fourth-order valence-electron chi connectivity index (χ4n) is 2.42. The molecule has 1 aromatic rings. The van der Waals surface area contributed by atoms with Gasteiger partial charge in [0.1, 0.15) is 0 Å². The van der Waals surface area contributed by atoms with Crippen molar-refractivity contribution in [2.45, 2.75) is 31.6 Å². The number of thioether (sulfide) groups is 1. The minimum absolute atomic E-state index is 0.423. The molecule has 0 amide bonds. The lowest BCUT2D eigenvalue weighted by atomic mass is 10.1. The van der Waals surface area contributed by atoms with E-state index in [1.54, 1.807) is 0 Å². The third-order valence-electron chi connectivity index (χ3n) is 3.54. The minimum Gasteiger partial charge on any atom is -0.370 e. The van der Waals surface area contributed by atoms with Crippen molar-refractivity contribution < 1.29 is 0 Å². The van der Waals surface area contributed by atoms with Crippen LogP contribution in [-0.4, -0.2) is 30.6 Å². The van der Waals surface area contributed by atoms with Gasteiger partial charge in [-0.25, -0.2) is 0 Å². The highest BCUT2D eigenvalue weighted by Gasteiger charge is 2.24. The Labute approximate surface area is 115 Å².